The zero-order valence-electron chi connectivity index (χ0n) is 11.8. The molecule has 0 aliphatic heterocycles. The molecule has 0 spiro atoms. The van der Waals surface area contributed by atoms with Gasteiger partial charge in [0.1, 0.15) is 6.29 Å². The number of carbonyl (C=O) groups excluding carboxylic acids is 1. The van der Waals surface area contributed by atoms with Crippen molar-refractivity contribution in [3.05, 3.63) is 0 Å². The minimum absolute atomic E-state index is 0.291. The van der Waals surface area contributed by atoms with Gasteiger partial charge in [-0.1, -0.05) is 27.7 Å². The van der Waals surface area contributed by atoms with Crippen molar-refractivity contribution >= 4 is 14.6 Å². The fraction of sp³-hybridized carbons (Fsp3) is 0.923. The van der Waals surface area contributed by atoms with E-state index in [0.29, 0.717) is 17.4 Å². The molecule has 0 aliphatic carbocycles. The minimum atomic E-state index is -1.57. The average molecular weight is 244 g/mol. The van der Waals surface area contributed by atoms with E-state index in [0.717, 1.165) is 25.7 Å². The third-order valence-corrected chi connectivity index (χ3v) is 8.20. The quantitative estimate of drug-likeness (QED) is 0.499. The summed E-state index contributed by atoms with van der Waals surface area (Å²) in [6.45, 7) is 14.4. The van der Waals surface area contributed by atoms with Gasteiger partial charge in [-0.15, -0.1) is 0 Å². The van der Waals surface area contributed by atoms with Gasteiger partial charge in [-0.3, -0.25) is 0 Å². The van der Waals surface area contributed by atoms with Crippen molar-refractivity contribution < 1.29 is 9.22 Å². The van der Waals surface area contributed by atoms with Crippen LogP contribution in [0.5, 0.6) is 0 Å². The second-order valence-corrected chi connectivity index (χ2v) is 11.1. The minimum Gasteiger partial charge on any atom is -0.417 e. The highest BCUT2D eigenvalue weighted by atomic mass is 28.4. The van der Waals surface area contributed by atoms with E-state index >= 15 is 0 Å². The van der Waals surface area contributed by atoms with E-state index < -0.39 is 8.32 Å². The third kappa shape index (κ3) is 5.80. The zero-order chi connectivity index (χ0) is 12.8. The molecular weight excluding hydrogens is 216 g/mol. The van der Waals surface area contributed by atoms with Crippen molar-refractivity contribution in [1.82, 2.24) is 0 Å². The van der Waals surface area contributed by atoms with E-state index in [2.05, 4.69) is 40.8 Å². The highest BCUT2D eigenvalue weighted by molar-refractivity contribution is 6.74. The summed E-state index contributed by atoms with van der Waals surface area (Å²) in [5, 5.41) is 0.291. The summed E-state index contributed by atoms with van der Waals surface area (Å²) in [7, 11) is -1.57. The van der Waals surface area contributed by atoms with Gasteiger partial charge in [0.05, 0.1) is 0 Å². The Bertz CT molecular complexity index is 206. The van der Waals surface area contributed by atoms with E-state index in [9.17, 15) is 4.79 Å². The van der Waals surface area contributed by atoms with Crippen LogP contribution in [0.2, 0.25) is 18.1 Å². The highest BCUT2D eigenvalue weighted by Crippen LogP contribution is 2.36. The molecule has 1 atom stereocenters. The molecule has 16 heavy (non-hydrogen) atoms. The van der Waals surface area contributed by atoms with Crippen LogP contribution >= 0.6 is 0 Å². The first-order chi connectivity index (χ1) is 7.20. The molecule has 0 radical (unpaired) electrons. The molecule has 0 fully saturated rings. The third-order valence-electron chi connectivity index (χ3n) is 3.66. The van der Waals surface area contributed by atoms with Gasteiger partial charge in [0.15, 0.2) is 8.32 Å². The summed E-state index contributed by atoms with van der Waals surface area (Å²) in [6.07, 6.45) is 3.75. The number of aldehydes is 1. The number of hydrogen-bond acceptors (Lipinski definition) is 2. The highest BCUT2D eigenvalue weighted by Gasteiger charge is 2.36. The van der Waals surface area contributed by atoms with Crippen LogP contribution in [-0.2, 0) is 9.22 Å². The summed E-state index contributed by atoms with van der Waals surface area (Å²) in [6, 6.07) is 0. The van der Waals surface area contributed by atoms with E-state index in [1.165, 1.54) is 0 Å². The molecule has 0 amide bonds. The summed E-state index contributed by atoms with van der Waals surface area (Å²) in [4.78, 5) is 10.2. The molecular formula is C13H28O2Si. The number of hydrogen-bond donors (Lipinski definition) is 0. The molecule has 0 rings (SSSR count). The predicted octanol–water partition coefficient (Wildman–Crippen LogP) is 4.01. The lowest BCUT2D eigenvalue weighted by Crippen LogP contribution is -2.41. The Hall–Kier alpha value is -0.153. The van der Waals surface area contributed by atoms with E-state index in [4.69, 9.17) is 4.43 Å². The lowest BCUT2D eigenvalue weighted by Gasteiger charge is -2.36. The Kier molecular flexibility index (Phi) is 6.49. The number of carbonyl (C=O) groups is 1. The molecule has 0 saturated heterocycles. The topological polar surface area (TPSA) is 26.3 Å². The molecule has 0 saturated carbocycles. The molecule has 0 unspecified atom stereocenters. The first-order valence-electron chi connectivity index (χ1n) is 6.28. The summed E-state index contributed by atoms with van der Waals surface area (Å²) in [5.41, 5.74) is 0. The molecule has 0 aromatic carbocycles. The van der Waals surface area contributed by atoms with Gasteiger partial charge in [0, 0.05) is 13.0 Å². The molecule has 0 aromatic rings. The molecule has 96 valence electrons. The van der Waals surface area contributed by atoms with Gasteiger partial charge >= 0.3 is 0 Å². The lowest BCUT2D eigenvalue weighted by atomic mass is 10.0. The molecule has 0 aromatic heterocycles. The van der Waals surface area contributed by atoms with Crippen molar-refractivity contribution in [2.75, 3.05) is 6.61 Å². The number of rotatable bonds is 7. The van der Waals surface area contributed by atoms with Crippen molar-refractivity contribution in [2.45, 2.75) is 65.1 Å². The maximum absolute atomic E-state index is 10.2. The van der Waals surface area contributed by atoms with Gasteiger partial charge in [-0.25, -0.2) is 0 Å². The maximum Gasteiger partial charge on any atom is 0.191 e. The van der Waals surface area contributed by atoms with Gasteiger partial charge in [-0.2, -0.15) is 0 Å². The Morgan fingerprint density at radius 1 is 1.25 bits per heavy atom. The summed E-state index contributed by atoms with van der Waals surface area (Å²) >= 11 is 0. The van der Waals surface area contributed by atoms with Crippen LogP contribution in [0.15, 0.2) is 0 Å². The van der Waals surface area contributed by atoms with Gasteiger partial charge in [-0.05, 0) is 36.9 Å². The molecule has 0 bridgehead atoms. The van der Waals surface area contributed by atoms with Gasteiger partial charge in [0.25, 0.3) is 0 Å². The van der Waals surface area contributed by atoms with Crippen molar-refractivity contribution in [1.29, 1.82) is 0 Å². The van der Waals surface area contributed by atoms with Crippen molar-refractivity contribution in [3.8, 4) is 0 Å². The van der Waals surface area contributed by atoms with Crippen LogP contribution in [-0.4, -0.2) is 21.2 Å². The van der Waals surface area contributed by atoms with Crippen LogP contribution in [0.25, 0.3) is 0 Å². The van der Waals surface area contributed by atoms with Crippen molar-refractivity contribution in [3.63, 3.8) is 0 Å². The average Bonchev–Trinajstić information content (AvgIpc) is 2.12. The second-order valence-electron chi connectivity index (χ2n) is 6.25. The molecule has 2 nitrogen and oxygen atoms in total. The molecule has 0 N–H and O–H groups in total. The predicted molar refractivity (Wildman–Crippen MR) is 72.2 cm³/mol. The molecule has 3 heteroatoms. The standard InChI is InChI=1S/C13H28O2Si/c1-12(8-7-10-14)9-11-15-16(5,6)13(2,3)4/h10,12H,7-9,11H2,1-6H3/t12-/m1/s1. The summed E-state index contributed by atoms with van der Waals surface area (Å²) < 4.78 is 6.10. The first-order valence-corrected chi connectivity index (χ1v) is 9.19. The maximum atomic E-state index is 10.2. The van der Waals surface area contributed by atoms with E-state index in [-0.39, 0.29) is 0 Å². The van der Waals surface area contributed by atoms with Crippen LogP contribution in [0.4, 0.5) is 0 Å². The van der Waals surface area contributed by atoms with Crippen LogP contribution < -0.4 is 0 Å². The smallest absolute Gasteiger partial charge is 0.191 e. The SMILES string of the molecule is C[C@H](CCC=O)CCO[Si](C)(C)C(C)(C)C. The van der Waals surface area contributed by atoms with Crippen molar-refractivity contribution in [2.24, 2.45) is 5.92 Å². The van der Waals surface area contributed by atoms with Crippen LogP contribution in [0.1, 0.15) is 47.0 Å². The van der Waals surface area contributed by atoms with Gasteiger partial charge in [0.2, 0.25) is 0 Å². The van der Waals surface area contributed by atoms with Gasteiger partial charge < -0.3 is 9.22 Å². The Morgan fingerprint density at radius 2 is 1.81 bits per heavy atom. The second kappa shape index (κ2) is 6.55. The monoisotopic (exact) mass is 244 g/mol. The fourth-order valence-corrected chi connectivity index (χ4v) is 2.29. The normalized spacial score (nSPS) is 14.9. The van der Waals surface area contributed by atoms with E-state index in [1.54, 1.807) is 0 Å². The fourth-order valence-electron chi connectivity index (χ4n) is 1.23. The Balaban J connectivity index is 3.85. The molecule has 0 aliphatic rings. The lowest BCUT2D eigenvalue weighted by molar-refractivity contribution is -0.108. The molecule has 0 heterocycles. The Labute approximate surface area is 102 Å². The first kappa shape index (κ1) is 15.8. The van der Waals surface area contributed by atoms with Crippen LogP contribution in [0.3, 0.4) is 0 Å². The Morgan fingerprint density at radius 3 is 2.25 bits per heavy atom. The zero-order valence-corrected chi connectivity index (χ0v) is 12.8. The largest absolute Gasteiger partial charge is 0.417 e. The summed E-state index contributed by atoms with van der Waals surface area (Å²) in [5.74, 6) is 0.593. The van der Waals surface area contributed by atoms with Crippen LogP contribution in [0, 0.1) is 5.92 Å². The van der Waals surface area contributed by atoms with E-state index in [1.807, 2.05) is 0 Å².